The highest BCUT2D eigenvalue weighted by molar-refractivity contribution is 7.98. The van der Waals surface area contributed by atoms with Gasteiger partial charge in [0.25, 0.3) is 5.91 Å². The van der Waals surface area contributed by atoms with Crippen LogP contribution in [0.5, 0.6) is 0 Å². The molecule has 2 aliphatic rings. The number of carbonyl (C=O) groups excluding carboxylic acids is 1. The van der Waals surface area contributed by atoms with Crippen LogP contribution in [0, 0.1) is 0 Å². The van der Waals surface area contributed by atoms with E-state index < -0.39 is 12.0 Å². The number of carbonyl (C=O) groups is 2. The standard InChI is InChI=1S/C13H15NO3S2/c15-12(14-4-1-2-9(14)13(16)17)11-6-8-7-18-5-3-10(8)19-11/h6,9H,1-5,7H2,(H,16,17)/t9-/m1/s1. The average Bonchev–Trinajstić information content (AvgIpc) is 3.04. The molecule has 4 nitrogen and oxygen atoms in total. The quantitative estimate of drug-likeness (QED) is 0.909. The summed E-state index contributed by atoms with van der Waals surface area (Å²) in [6.07, 6.45) is 2.38. The molecule has 0 radical (unpaired) electrons. The second-order valence-electron chi connectivity index (χ2n) is 4.86. The first kappa shape index (κ1) is 13.0. The minimum Gasteiger partial charge on any atom is -0.480 e. The maximum Gasteiger partial charge on any atom is 0.326 e. The first-order valence-corrected chi connectivity index (χ1v) is 8.37. The summed E-state index contributed by atoms with van der Waals surface area (Å²) in [6, 6.07) is 1.33. The first-order valence-electron chi connectivity index (χ1n) is 6.40. The van der Waals surface area contributed by atoms with Gasteiger partial charge in [0.2, 0.25) is 0 Å². The third-order valence-electron chi connectivity index (χ3n) is 3.64. The Bertz CT molecular complexity index is 502. The van der Waals surface area contributed by atoms with Crippen LogP contribution in [-0.2, 0) is 17.0 Å². The summed E-state index contributed by atoms with van der Waals surface area (Å²) >= 11 is 3.43. The number of carboxylic acid groups (broad SMARTS) is 1. The molecule has 102 valence electrons. The number of aryl methyl sites for hydroxylation is 1. The van der Waals surface area contributed by atoms with Gasteiger partial charge in [-0.2, -0.15) is 11.8 Å². The number of hydrogen-bond acceptors (Lipinski definition) is 4. The minimum atomic E-state index is -0.886. The molecule has 1 aromatic rings. The number of aliphatic carboxylic acids is 1. The largest absolute Gasteiger partial charge is 0.480 e. The molecular formula is C13H15NO3S2. The fraction of sp³-hybridized carbons (Fsp3) is 0.538. The zero-order chi connectivity index (χ0) is 13.4. The van der Waals surface area contributed by atoms with Gasteiger partial charge in [-0.25, -0.2) is 4.79 Å². The van der Waals surface area contributed by atoms with E-state index in [0.29, 0.717) is 17.8 Å². The summed E-state index contributed by atoms with van der Waals surface area (Å²) in [6.45, 7) is 0.563. The summed E-state index contributed by atoms with van der Waals surface area (Å²) in [7, 11) is 0. The Balaban J connectivity index is 1.83. The molecule has 6 heteroatoms. The molecule has 1 aromatic heterocycles. The Hall–Kier alpha value is -1.01. The van der Waals surface area contributed by atoms with Gasteiger partial charge in [-0.3, -0.25) is 4.79 Å². The van der Waals surface area contributed by atoms with Gasteiger partial charge in [0.05, 0.1) is 4.88 Å². The number of thioether (sulfide) groups is 1. The number of fused-ring (bicyclic) bond motifs is 1. The van der Waals surface area contributed by atoms with Crippen LogP contribution in [0.2, 0.25) is 0 Å². The summed E-state index contributed by atoms with van der Waals surface area (Å²) < 4.78 is 0. The smallest absolute Gasteiger partial charge is 0.326 e. The molecule has 1 amide bonds. The molecule has 0 spiro atoms. The highest BCUT2D eigenvalue weighted by atomic mass is 32.2. The third-order valence-corrected chi connectivity index (χ3v) is 5.87. The van der Waals surface area contributed by atoms with E-state index in [-0.39, 0.29) is 5.91 Å². The number of rotatable bonds is 2. The number of hydrogen-bond donors (Lipinski definition) is 1. The van der Waals surface area contributed by atoms with Crippen LogP contribution in [0.1, 0.15) is 33.0 Å². The van der Waals surface area contributed by atoms with Gasteiger partial charge in [0, 0.05) is 17.2 Å². The molecule has 0 aromatic carbocycles. The predicted molar refractivity (Wildman–Crippen MR) is 75.9 cm³/mol. The molecule has 3 heterocycles. The van der Waals surface area contributed by atoms with Crippen LogP contribution in [0.4, 0.5) is 0 Å². The molecule has 0 saturated carbocycles. The van der Waals surface area contributed by atoms with Crippen molar-refractivity contribution in [1.82, 2.24) is 4.90 Å². The summed E-state index contributed by atoms with van der Waals surface area (Å²) in [5.41, 5.74) is 1.26. The van der Waals surface area contributed by atoms with Gasteiger partial charge in [0.15, 0.2) is 0 Å². The Morgan fingerprint density at radius 1 is 1.42 bits per heavy atom. The molecule has 1 saturated heterocycles. The van der Waals surface area contributed by atoms with Crippen LogP contribution >= 0.6 is 23.1 Å². The van der Waals surface area contributed by atoms with Gasteiger partial charge in [-0.1, -0.05) is 0 Å². The monoisotopic (exact) mass is 297 g/mol. The molecule has 1 fully saturated rings. The molecule has 19 heavy (non-hydrogen) atoms. The maximum absolute atomic E-state index is 12.4. The van der Waals surface area contributed by atoms with Crippen molar-refractivity contribution in [2.45, 2.75) is 31.1 Å². The second kappa shape index (κ2) is 5.17. The number of thiophene rings is 1. The molecule has 1 N–H and O–H groups in total. The zero-order valence-corrected chi connectivity index (χ0v) is 12.1. The van der Waals surface area contributed by atoms with Crippen LogP contribution in [-0.4, -0.2) is 40.2 Å². The predicted octanol–water partition coefficient (Wildman–Crippen LogP) is 2.23. The Labute approximate surface area is 119 Å². The van der Waals surface area contributed by atoms with Crippen LogP contribution < -0.4 is 0 Å². The number of likely N-dealkylation sites (tertiary alicyclic amines) is 1. The highest BCUT2D eigenvalue weighted by Gasteiger charge is 2.35. The van der Waals surface area contributed by atoms with Crippen molar-refractivity contribution in [3.8, 4) is 0 Å². The van der Waals surface area contributed by atoms with Crippen molar-refractivity contribution >= 4 is 35.0 Å². The van der Waals surface area contributed by atoms with Crippen LogP contribution in [0.3, 0.4) is 0 Å². The lowest BCUT2D eigenvalue weighted by molar-refractivity contribution is -0.141. The SMILES string of the molecule is O=C(O)[C@H]1CCCN1C(=O)c1cc2c(s1)CCSC2. The normalized spacial score (nSPS) is 22.3. The fourth-order valence-corrected chi connectivity index (χ4v) is 4.99. The van der Waals surface area contributed by atoms with Crippen molar-refractivity contribution in [3.05, 3.63) is 21.4 Å². The lowest BCUT2D eigenvalue weighted by Gasteiger charge is -2.20. The van der Waals surface area contributed by atoms with Crippen molar-refractivity contribution in [3.63, 3.8) is 0 Å². The van der Waals surface area contributed by atoms with Crippen LogP contribution in [0.25, 0.3) is 0 Å². The number of amides is 1. The van der Waals surface area contributed by atoms with E-state index in [1.807, 2.05) is 17.8 Å². The van der Waals surface area contributed by atoms with Crippen molar-refractivity contribution < 1.29 is 14.7 Å². The number of carboxylic acids is 1. The first-order chi connectivity index (χ1) is 9.16. The minimum absolute atomic E-state index is 0.102. The summed E-state index contributed by atoms with van der Waals surface area (Å²) in [5.74, 6) is 1.10. The highest BCUT2D eigenvalue weighted by Crippen LogP contribution is 2.33. The maximum atomic E-state index is 12.4. The van der Waals surface area contributed by atoms with Crippen LogP contribution in [0.15, 0.2) is 6.07 Å². The topological polar surface area (TPSA) is 57.6 Å². The van der Waals surface area contributed by atoms with Gasteiger partial charge < -0.3 is 10.0 Å². The summed E-state index contributed by atoms with van der Waals surface area (Å²) in [4.78, 5) is 27.1. The van der Waals surface area contributed by atoms with E-state index in [9.17, 15) is 9.59 Å². The van der Waals surface area contributed by atoms with E-state index >= 15 is 0 Å². The molecule has 0 bridgehead atoms. The lowest BCUT2D eigenvalue weighted by atomic mass is 10.2. The van der Waals surface area contributed by atoms with Gasteiger partial charge in [0.1, 0.15) is 6.04 Å². The van der Waals surface area contributed by atoms with Gasteiger partial charge >= 0.3 is 5.97 Å². The molecular weight excluding hydrogens is 282 g/mol. The van der Waals surface area contributed by atoms with E-state index in [1.165, 1.54) is 15.3 Å². The van der Waals surface area contributed by atoms with Gasteiger partial charge in [-0.05, 0) is 36.6 Å². The van der Waals surface area contributed by atoms with E-state index in [4.69, 9.17) is 5.11 Å². The number of nitrogens with zero attached hydrogens (tertiary/aromatic N) is 1. The third kappa shape index (κ3) is 2.39. The molecule has 0 aliphatic carbocycles. The summed E-state index contributed by atoms with van der Waals surface area (Å²) in [5, 5.41) is 9.15. The Kier molecular flexibility index (Phi) is 3.54. The fourth-order valence-electron chi connectivity index (χ4n) is 2.66. The van der Waals surface area contributed by atoms with Crippen molar-refractivity contribution in [2.24, 2.45) is 0 Å². The zero-order valence-electron chi connectivity index (χ0n) is 10.4. The van der Waals surface area contributed by atoms with E-state index in [0.717, 1.165) is 24.3 Å². The lowest BCUT2D eigenvalue weighted by Crippen LogP contribution is -2.40. The Morgan fingerprint density at radius 3 is 3.00 bits per heavy atom. The molecule has 0 unspecified atom stereocenters. The second-order valence-corrected chi connectivity index (χ2v) is 7.10. The average molecular weight is 297 g/mol. The molecule has 3 rings (SSSR count). The van der Waals surface area contributed by atoms with E-state index in [1.54, 1.807) is 11.3 Å². The molecule has 1 atom stereocenters. The Morgan fingerprint density at radius 2 is 2.26 bits per heavy atom. The van der Waals surface area contributed by atoms with Gasteiger partial charge in [-0.15, -0.1) is 11.3 Å². The molecule has 2 aliphatic heterocycles. The van der Waals surface area contributed by atoms with Crippen molar-refractivity contribution in [2.75, 3.05) is 12.3 Å². The van der Waals surface area contributed by atoms with Crippen molar-refractivity contribution in [1.29, 1.82) is 0 Å². The van der Waals surface area contributed by atoms with E-state index in [2.05, 4.69) is 0 Å².